The van der Waals surface area contributed by atoms with E-state index in [1.165, 1.54) is 5.56 Å². The number of ether oxygens (including phenoxy) is 2. The predicted molar refractivity (Wildman–Crippen MR) is 98.2 cm³/mol. The molecule has 1 amide bonds. The van der Waals surface area contributed by atoms with Gasteiger partial charge in [0.25, 0.3) is 5.91 Å². The summed E-state index contributed by atoms with van der Waals surface area (Å²) >= 11 is 0. The first-order valence-corrected chi connectivity index (χ1v) is 8.27. The Hall–Kier alpha value is -2.36. The fourth-order valence-electron chi connectivity index (χ4n) is 2.13. The van der Waals surface area contributed by atoms with Crippen LogP contribution in [0.5, 0.6) is 0 Å². The molecule has 0 saturated heterocycles. The monoisotopic (exact) mass is 345 g/mol. The van der Waals surface area contributed by atoms with E-state index in [2.05, 4.69) is 19.2 Å². The topological polar surface area (TPSA) is 74.6 Å². The molecule has 0 heterocycles. The van der Waals surface area contributed by atoms with E-state index in [1.807, 2.05) is 35.2 Å². The molecule has 0 atom stereocenters. The van der Waals surface area contributed by atoms with Crippen LogP contribution in [0, 0.1) is 11.3 Å². The summed E-state index contributed by atoms with van der Waals surface area (Å²) in [5, 5.41) is 12.1. The zero-order valence-electron chi connectivity index (χ0n) is 15.4. The molecule has 1 aromatic rings. The molecule has 0 saturated carbocycles. The maximum absolute atomic E-state index is 12.4. The van der Waals surface area contributed by atoms with Gasteiger partial charge >= 0.3 is 0 Å². The number of carbonyl (C=O) groups is 1. The van der Waals surface area contributed by atoms with Crippen molar-refractivity contribution in [3.8, 4) is 6.07 Å². The second-order valence-electron chi connectivity index (χ2n) is 5.91. The van der Waals surface area contributed by atoms with Gasteiger partial charge in [-0.2, -0.15) is 5.26 Å². The predicted octanol–water partition coefficient (Wildman–Crippen LogP) is 2.75. The molecular weight excluding hydrogens is 318 g/mol. The fourth-order valence-corrected chi connectivity index (χ4v) is 2.13. The Labute approximate surface area is 150 Å². The van der Waals surface area contributed by atoms with Crippen LogP contribution in [0.15, 0.2) is 36.0 Å². The highest BCUT2D eigenvalue weighted by atomic mass is 16.5. The van der Waals surface area contributed by atoms with Crippen LogP contribution in [-0.4, -0.2) is 51.3 Å². The van der Waals surface area contributed by atoms with Crippen LogP contribution in [0.3, 0.4) is 0 Å². The molecule has 0 bridgehead atoms. The van der Waals surface area contributed by atoms with Crippen molar-refractivity contribution in [3.63, 3.8) is 0 Å². The highest BCUT2D eigenvalue weighted by Crippen LogP contribution is 2.17. The molecule has 0 aromatic heterocycles. The molecule has 0 spiro atoms. The van der Waals surface area contributed by atoms with Crippen molar-refractivity contribution in [2.24, 2.45) is 0 Å². The number of methoxy groups -OCH3 is 2. The largest absolute Gasteiger partial charge is 0.383 e. The number of nitrogens with zero attached hydrogens (tertiary/aromatic N) is 2. The Kier molecular flexibility index (Phi) is 9.30. The third-order valence-electron chi connectivity index (χ3n) is 3.68. The summed E-state index contributed by atoms with van der Waals surface area (Å²) in [4.78, 5) is 14.2. The Bertz CT molecular complexity index is 595. The molecular formula is C19H27N3O3. The van der Waals surface area contributed by atoms with Crippen LogP contribution in [0.4, 0.5) is 5.69 Å². The number of rotatable bonds is 10. The van der Waals surface area contributed by atoms with E-state index >= 15 is 0 Å². The van der Waals surface area contributed by atoms with Crippen LogP contribution in [0.2, 0.25) is 0 Å². The van der Waals surface area contributed by atoms with Crippen molar-refractivity contribution in [2.75, 3.05) is 45.8 Å². The number of nitrogens with one attached hydrogen (secondary N) is 1. The molecule has 25 heavy (non-hydrogen) atoms. The number of carbonyl (C=O) groups excluding carboxylic acids is 1. The van der Waals surface area contributed by atoms with E-state index in [0.29, 0.717) is 37.9 Å². The van der Waals surface area contributed by atoms with Gasteiger partial charge in [0, 0.05) is 39.2 Å². The number of nitriles is 1. The van der Waals surface area contributed by atoms with Crippen LogP contribution < -0.4 is 5.32 Å². The molecule has 1 N–H and O–H groups in total. The van der Waals surface area contributed by atoms with E-state index in [-0.39, 0.29) is 5.57 Å². The number of benzene rings is 1. The maximum atomic E-state index is 12.4. The number of hydrogen-bond donors (Lipinski definition) is 1. The van der Waals surface area contributed by atoms with Gasteiger partial charge < -0.3 is 19.7 Å². The Morgan fingerprint density at radius 3 is 2.20 bits per heavy atom. The van der Waals surface area contributed by atoms with E-state index in [4.69, 9.17) is 9.47 Å². The van der Waals surface area contributed by atoms with Gasteiger partial charge in [-0.15, -0.1) is 0 Å². The standard InChI is InChI=1S/C19H27N3O3/c1-15(2)16-5-7-18(8-6-16)21-19(23)17(13-20)14-22(9-11-24-3)10-12-25-4/h5-8,14-15H,9-12H2,1-4H3,(H,21,23)/b17-14-. The second-order valence-corrected chi connectivity index (χ2v) is 5.91. The summed E-state index contributed by atoms with van der Waals surface area (Å²) in [5.74, 6) is -0.00549. The van der Waals surface area contributed by atoms with Crippen LogP contribution in [0.25, 0.3) is 0 Å². The third-order valence-corrected chi connectivity index (χ3v) is 3.68. The summed E-state index contributed by atoms with van der Waals surface area (Å²) in [6.45, 7) is 6.36. The van der Waals surface area contributed by atoms with Crippen LogP contribution >= 0.6 is 0 Å². The minimum absolute atomic E-state index is 0.0418. The van der Waals surface area contributed by atoms with Gasteiger partial charge in [0.2, 0.25) is 0 Å². The number of anilines is 1. The summed E-state index contributed by atoms with van der Waals surface area (Å²) < 4.78 is 10.1. The van der Waals surface area contributed by atoms with Gasteiger partial charge in [-0.1, -0.05) is 26.0 Å². The number of amides is 1. The van der Waals surface area contributed by atoms with Gasteiger partial charge in [-0.25, -0.2) is 0 Å². The molecule has 0 aliphatic rings. The first-order valence-electron chi connectivity index (χ1n) is 8.27. The number of hydrogen-bond acceptors (Lipinski definition) is 5. The SMILES string of the molecule is COCCN(/C=C(/C#N)C(=O)Nc1ccc(C(C)C)cc1)CCOC. The zero-order chi connectivity index (χ0) is 18.7. The van der Waals surface area contributed by atoms with E-state index < -0.39 is 5.91 Å². The van der Waals surface area contributed by atoms with Crippen molar-refractivity contribution >= 4 is 11.6 Å². The molecule has 0 unspecified atom stereocenters. The Balaban J connectivity index is 2.81. The zero-order valence-corrected chi connectivity index (χ0v) is 15.4. The van der Waals surface area contributed by atoms with Gasteiger partial charge in [0.1, 0.15) is 11.6 Å². The highest BCUT2D eigenvalue weighted by Gasteiger charge is 2.12. The molecule has 1 aromatic carbocycles. The van der Waals surface area contributed by atoms with Crippen molar-refractivity contribution in [1.82, 2.24) is 4.90 Å². The van der Waals surface area contributed by atoms with E-state index in [0.717, 1.165) is 0 Å². The quantitative estimate of drug-likeness (QED) is 0.521. The summed E-state index contributed by atoms with van der Waals surface area (Å²) in [6.07, 6.45) is 1.55. The second kappa shape index (κ2) is 11.2. The lowest BCUT2D eigenvalue weighted by atomic mass is 10.0. The van der Waals surface area contributed by atoms with Crippen molar-refractivity contribution in [2.45, 2.75) is 19.8 Å². The minimum Gasteiger partial charge on any atom is -0.383 e. The molecule has 6 nitrogen and oxygen atoms in total. The normalized spacial score (nSPS) is 11.3. The minimum atomic E-state index is -0.431. The Morgan fingerprint density at radius 1 is 1.20 bits per heavy atom. The molecule has 1 rings (SSSR count). The lowest BCUT2D eigenvalue weighted by Crippen LogP contribution is -2.27. The summed E-state index contributed by atoms with van der Waals surface area (Å²) in [6, 6.07) is 9.59. The van der Waals surface area contributed by atoms with E-state index in [9.17, 15) is 10.1 Å². The summed E-state index contributed by atoms with van der Waals surface area (Å²) in [7, 11) is 3.22. The Morgan fingerprint density at radius 2 is 1.76 bits per heavy atom. The van der Waals surface area contributed by atoms with Gasteiger partial charge in [0.15, 0.2) is 0 Å². The smallest absolute Gasteiger partial charge is 0.267 e. The first kappa shape index (κ1) is 20.7. The lowest BCUT2D eigenvalue weighted by molar-refractivity contribution is -0.112. The summed E-state index contributed by atoms with van der Waals surface area (Å²) in [5.41, 5.74) is 1.90. The molecule has 0 fully saturated rings. The van der Waals surface area contributed by atoms with Gasteiger partial charge in [0.05, 0.1) is 13.2 Å². The average molecular weight is 345 g/mol. The maximum Gasteiger partial charge on any atom is 0.267 e. The van der Waals surface area contributed by atoms with E-state index in [1.54, 1.807) is 20.4 Å². The average Bonchev–Trinajstić information content (AvgIpc) is 2.61. The van der Waals surface area contributed by atoms with Gasteiger partial charge in [-0.05, 0) is 23.6 Å². The van der Waals surface area contributed by atoms with Crippen molar-refractivity contribution in [1.29, 1.82) is 5.26 Å². The van der Waals surface area contributed by atoms with Crippen molar-refractivity contribution < 1.29 is 14.3 Å². The first-order chi connectivity index (χ1) is 12.0. The van der Waals surface area contributed by atoms with Gasteiger partial charge in [-0.3, -0.25) is 4.79 Å². The molecule has 0 aliphatic heterocycles. The van der Waals surface area contributed by atoms with Crippen LogP contribution in [0.1, 0.15) is 25.3 Å². The highest BCUT2D eigenvalue weighted by molar-refractivity contribution is 6.06. The fraction of sp³-hybridized carbons (Fsp3) is 0.474. The molecule has 0 aliphatic carbocycles. The van der Waals surface area contributed by atoms with Crippen molar-refractivity contribution in [3.05, 3.63) is 41.6 Å². The molecule has 0 radical (unpaired) electrons. The molecule has 136 valence electrons. The lowest BCUT2D eigenvalue weighted by Gasteiger charge is -2.20. The van der Waals surface area contributed by atoms with Crippen LogP contribution in [-0.2, 0) is 14.3 Å². The third kappa shape index (κ3) is 7.38. The molecule has 6 heteroatoms.